The van der Waals surface area contributed by atoms with Crippen LogP contribution in [0.2, 0.25) is 0 Å². The summed E-state index contributed by atoms with van der Waals surface area (Å²) in [6, 6.07) is 0. The van der Waals surface area contributed by atoms with Crippen molar-refractivity contribution >= 4 is 0 Å². The lowest BCUT2D eigenvalue weighted by Gasteiger charge is -2.37. The van der Waals surface area contributed by atoms with Crippen LogP contribution in [-0.4, -0.2) is 41.0 Å². The quantitative estimate of drug-likeness (QED) is 0.857. The maximum Gasteiger partial charge on any atom is 0.120 e. The van der Waals surface area contributed by atoms with E-state index in [-0.39, 0.29) is 0 Å². The fourth-order valence-corrected chi connectivity index (χ4v) is 3.68. The molecular weight excluding hydrogens is 236 g/mol. The Bertz CT molecular complexity index is 406. The highest BCUT2D eigenvalue weighted by molar-refractivity contribution is 4.98. The van der Waals surface area contributed by atoms with Crippen molar-refractivity contribution in [2.75, 3.05) is 26.2 Å². The Morgan fingerprint density at radius 1 is 1.21 bits per heavy atom. The van der Waals surface area contributed by atoms with Gasteiger partial charge >= 0.3 is 0 Å². The molecule has 0 unspecified atom stereocenters. The number of aromatic nitrogens is 2. The third-order valence-corrected chi connectivity index (χ3v) is 4.93. The summed E-state index contributed by atoms with van der Waals surface area (Å²) in [5.41, 5.74) is 1.80. The van der Waals surface area contributed by atoms with Gasteiger partial charge in [0.2, 0.25) is 0 Å². The molecule has 3 rings (SSSR count). The number of H-pyrrole nitrogens is 1. The molecule has 0 atom stereocenters. The Labute approximate surface area is 116 Å². The second kappa shape index (κ2) is 5.63. The van der Waals surface area contributed by atoms with E-state index in [1.807, 2.05) is 6.20 Å². The number of nitrogens with one attached hydrogen (secondary N) is 2. The number of aryl methyl sites for hydroxylation is 1. The van der Waals surface area contributed by atoms with Gasteiger partial charge < -0.3 is 10.3 Å². The molecule has 4 heteroatoms. The first kappa shape index (κ1) is 13.1. The van der Waals surface area contributed by atoms with Crippen molar-refractivity contribution in [3.63, 3.8) is 0 Å². The SMILES string of the molecule is Cc1cnc(CN2CCCC3(CCNCC3)CC2)[nH]1. The van der Waals surface area contributed by atoms with E-state index >= 15 is 0 Å². The monoisotopic (exact) mass is 262 g/mol. The molecule has 0 radical (unpaired) electrons. The van der Waals surface area contributed by atoms with Crippen LogP contribution in [0.4, 0.5) is 0 Å². The van der Waals surface area contributed by atoms with E-state index in [1.165, 1.54) is 64.0 Å². The summed E-state index contributed by atoms with van der Waals surface area (Å²) in [7, 11) is 0. The van der Waals surface area contributed by atoms with Gasteiger partial charge in [0.25, 0.3) is 0 Å². The van der Waals surface area contributed by atoms with Crippen molar-refractivity contribution < 1.29 is 0 Å². The lowest BCUT2D eigenvalue weighted by Crippen LogP contribution is -2.37. The molecule has 3 heterocycles. The standard InChI is InChI=1S/C15H26N4/c1-13-11-17-14(18-13)12-19-9-2-3-15(6-10-19)4-7-16-8-5-15/h11,16H,2-10,12H2,1H3,(H,17,18). The second-order valence-corrected chi connectivity index (χ2v) is 6.39. The highest BCUT2D eigenvalue weighted by atomic mass is 15.1. The van der Waals surface area contributed by atoms with E-state index in [2.05, 4.69) is 27.1 Å². The van der Waals surface area contributed by atoms with Gasteiger partial charge in [0, 0.05) is 11.9 Å². The molecule has 0 bridgehead atoms. The van der Waals surface area contributed by atoms with Gasteiger partial charge in [0.15, 0.2) is 0 Å². The predicted molar refractivity (Wildman–Crippen MR) is 77.0 cm³/mol. The lowest BCUT2D eigenvalue weighted by atomic mass is 9.73. The minimum Gasteiger partial charge on any atom is -0.345 e. The van der Waals surface area contributed by atoms with Crippen molar-refractivity contribution in [1.29, 1.82) is 0 Å². The highest BCUT2D eigenvalue weighted by Crippen LogP contribution is 2.39. The van der Waals surface area contributed by atoms with E-state index < -0.39 is 0 Å². The van der Waals surface area contributed by atoms with Crippen molar-refractivity contribution in [3.05, 3.63) is 17.7 Å². The van der Waals surface area contributed by atoms with Gasteiger partial charge in [-0.25, -0.2) is 4.98 Å². The van der Waals surface area contributed by atoms with Gasteiger partial charge in [-0.2, -0.15) is 0 Å². The summed E-state index contributed by atoms with van der Waals surface area (Å²) in [6.45, 7) is 7.97. The molecule has 1 aromatic heterocycles. The Hall–Kier alpha value is -0.870. The summed E-state index contributed by atoms with van der Waals surface area (Å²) < 4.78 is 0. The van der Waals surface area contributed by atoms with Crippen molar-refractivity contribution in [2.24, 2.45) is 5.41 Å². The smallest absolute Gasteiger partial charge is 0.120 e. The number of piperidine rings is 1. The molecular formula is C15H26N4. The molecule has 0 aromatic carbocycles. The third kappa shape index (κ3) is 3.18. The molecule has 2 aliphatic heterocycles. The van der Waals surface area contributed by atoms with Gasteiger partial charge in [-0.3, -0.25) is 4.90 Å². The van der Waals surface area contributed by atoms with Crippen LogP contribution in [0.1, 0.15) is 43.6 Å². The molecule has 0 aliphatic carbocycles. The Morgan fingerprint density at radius 3 is 2.79 bits per heavy atom. The molecule has 2 aliphatic rings. The number of nitrogens with zero attached hydrogens (tertiary/aromatic N) is 2. The zero-order valence-corrected chi connectivity index (χ0v) is 12.0. The molecule has 1 aromatic rings. The molecule has 2 N–H and O–H groups in total. The molecule has 2 saturated heterocycles. The predicted octanol–water partition coefficient (Wildman–Crippen LogP) is 2.07. The van der Waals surface area contributed by atoms with Crippen LogP contribution in [0.3, 0.4) is 0 Å². The van der Waals surface area contributed by atoms with E-state index in [0.29, 0.717) is 5.41 Å². The van der Waals surface area contributed by atoms with Crippen molar-refractivity contribution in [2.45, 2.75) is 45.6 Å². The van der Waals surface area contributed by atoms with Crippen LogP contribution in [0.15, 0.2) is 6.20 Å². The minimum absolute atomic E-state index is 0.638. The number of likely N-dealkylation sites (tertiary alicyclic amines) is 1. The van der Waals surface area contributed by atoms with Crippen LogP contribution in [0.5, 0.6) is 0 Å². The fourth-order valence-electron chi connectivity index (χ4n) is 3.68. The van der Waals surface area contributed by atoms with Crippen molar-refractivity contribution in [1.82, 2.24) is 20.2 Å². The molecule has 2 fully saturated rings. The van der Waals surface area contributed by atoms with E-state index in [9.17, 15) is 0 Å². The average molecular weight is 262 g/mol. The van der Waals surface area contributed by atoms with Crippen LogP contribution in [-0.2, 0) is 6.54 Å². The summed E-state index contributed by atoms with van der Waals surface area (Å²) in [4.78, 5) is 10.4. The van der Waals surface area contributed by atoms with Crippen LogP contribution < -0.4 is 5.32 Å². The Kier molecular flexibility index (Phi) is 3.89. The summed E-state index contributed by atoms with van der Waals surface area (Å²) in [6.07, 6.45) is 8.82. The van der Waals surface area contributed by atoms with Gasteiger partial charge in [-0.1, -0.05) is 0 Å². The van der Waals surface area contributed by atoms with Crippen LogP contribution >= 0.6 is 0 Å². The van der Waals surface area contributed by atoms with Gasteiger partial charge in [-0.05, 0) is 70.6 Å². The van der Waals surface area contributed by atoms with E-state index in [1.54, 1.807) is 0 Å². The average Bonchev–Trinajstić information content (AvgIpc) is 2.73. The second-order valence-electron chi connectivity index (χ2n) is 6.39. The normalized spacial score (nSPS) is 24.5. The maximum absolute atomic E-state index is 4.44. The Balaban J connectivity index is 1.58. The number of hydrogen-bond donors (Lipinski definition) is 2. The number of aromatic amines is 1. The van der Waals surface area contributed by atoms with Gasteiger partial charge in [0.05, 0.1) is 6.54 Å². The topological polar surface area (TPSA) is 44.0 Å². The number of rotatable bonds is 2. The van der Waals surface area contributed by atoms with Crippen LogP contribution in [0.25, 0.3) is 0 Å². The molecule has 19 heavy (non-hydrogen) atoms. The Morgan fingerprint density at radius 2 is 2.05 bits per heavy atom. The van der Waals surface area contributed by atoms with E-state index in [4.69, 9.17) is 0 Å². The van der Waals surface area contributed by atoms with Crippen molar-refractivity contribution in [3.8, 4) is 0 Å². The molecule has 4 nitrogen and oxygen atoms in total. The first-order valence-corrected chi connectivity index (χ1v) is 7.69. The number of imidazole rings is 1. The molecule has 1 spiro atoms. The van der Waals surface area contributed by atoms with Gasteiger partial charge in [-0.15, -0.1) is 0 Å². The minimum atomic E-state index is 0.638. The lowest BCUT2D eigenvalue weighted by molar-refractivity contribution is 0.166. The molecule has 0 saturated carbocycles. The summed E-state index contributed by atoms with van der Waals surface area (Å²) >= 11 is 0. The summed E-state index contributed by atoms with van der Waals surface area (Å²) in [5, 5.41) is 3.50. The van der Waals surface area contributed by atoms with E-state index in [0.717, 1.165) is 12.4 Å². The molecule has 0 amide bonds. The zero-order valence-electron chi connectivity index (χ0n) is 12.0. The zero-order chi connectivity index (χ0) is 13.1. The maximum atomic E-state index is 4.44. The summed E-state index contributed by atoms with van der Waals surface area (Å²) in [5.74, 6) is 1.12. The molecule has 106 valence electrons. The fraction of sp³-hybridized carbons (Fsp3) is 0.800. The first-order valence-electron chi connectivity index (χ1n) is 7.69. The third-order valence-electron chi connectivity index (χ3n) is 4.93. The first-order chi connectivity index (χ1) is 9.26. The number of hydrogen-bond acceptors (Lipinski definition) is 3. The van der Waals surface area contributed by atoms with Gasteiger partial charge in [0.1, 0.15) is 5.82 Å². The highest BCUT2D eigenvalue weighted by Gasteiger charge is 2.33. The largest absolute Gasteiger partial charge is 0.345 e. The van der Waals surface area contributed by atoms with Crippen LogP contribution in [0, 0.1) is 12.3 Å².